The summed E-state index contributed by atoms with van der Waals surface area (Å²) in [5.41, 5.74) is 4.96. The average Bonchev–Trinajstić information content (AvgIpc) is 2.92. The van der Waals surface area contributed by atoms with Crippen LogP contribution in [-0.2, 0) is 11.3 Å². The van der Waals surface area contributed by atoms with Crippen molar-refractivity contribution < 1.29 is 9.18 Å². The number of benzene rings is 1. The number of halogens is 1. The number of hydrogen-bond acceptors (Lipinski definition) is 2. The number of aryl methyl sites for hydroxylation is 1. The maximum absolute atomic E-state index is 14.6. The number of nitrogens with zero attached hydrogens (tertiary/aromatic N) is 2. The molecule has 0 atom stereocenters. The number of allylic oxidation sites excluding steroid dienone is 3. The average molecular weight is 368 g/mol. The van der Waals surface area contributed by atoms with Crippen LogP contribution in [0.25, 0.3) is 16.8 Å². The van der Waals surface area contributed by atoms with Crippen molar-refractivity contribution in [1.29, 1.82) is 0 Å². The smallest absolute Gasteiger partial charge is 0.133 e. The van der Waals surface area contributed by atoms with Crippen molar-refractivity contribution in [3.63, 3.8) is 0 Å². The van der Waals surface area contributed by atoms with E-state index in [2.05, 4.69) is 6.58 Å². The topological polar surface area (TPSA) is 34.9 Å². The van der Waals surface area contributed by atoms with Gasteiger partial charge >= 0.3 is 0 Å². The molecule has 0 saturated heterocycles. The van der Waals surface area contributed by atoms with Crippen molar-refractivity contribution in [3.05, 3.63) is 59.6 Å². The number of rotatable bonds is 5. The first-order valence-electron chi connectivity index (χ1n) is 9.56. The molecule has 1 saturated carbocycles. The van der Waals surface area contributed by atoms with E-state index in [0.29, 0.717) is 42.3 Å². The Kier molecular flexibility index (Phi) is 6.89. The summed E-state index contributed by atoms with van der Waals surface area (Å²) < 4.78 is 16.5. The van der Waals surface area contributed by atoms with Crippen LogP contribution in [0.3, 0.4) is 0 Å². The number of hydrogen-bond donors (Lipinski definition) is 0. The van der Waals surface area contributed by atoms with Gasteiger partial charge in [0.1, 0.15) is 17.3 Å². The predicted molar refractivity (Wildman–Crippen MR) is 110 cm³/mol. The minimum Gasteiger partial charge on any atom is -0.300 e. The molecule has 0 aliphatic heterocycles. The molecule has 0 unspecified atom stereocenters. The maximum Gasteiger partial charge on any atom is 0.133 e. The standard InChI is InChI=1S/C21H23FN2O.C2H6/c1-5-6-14(3)20-15(4)24(12-16-10-17(25)11-16)23-21(20)18-8-7-13(2)9-19(18)22;1-2/h5-9,16H,1,10-12H2,2-4H3;1-2H3/b14-6-;. The van der Waals surface area contributed by atoms with E-state index in [4.69, 9.17) is 5.10 Å². The van der Waals surface area contributed by atoms with E-state index in [1.54, 1.807) is 12.1 Å². The summed E-state index contributed by atoms with van der Waals surface area (Å²) in [5, 5.41) is 4.71. The lowest BCUT2D eigenvalue weighted by Gasteiger charge is -2.24. The van der Waals surface area contributed by atoms with Crippen LogP contribution in [0.5, 0.6) is 0 Å². The molecule has 1 fully saturated rings. The zero-order valence-corrected chi connectivity index (χ0v) is 17.0. The Bertz CT molecular complexity index is 869. The predicted octanol–water partition coefficient (Wildman–Crippen LogP) is 5.90. The van der Waals surface area contributed by atoms with Gasteiger partial charge in [0, 0.05) is 36.2 Å². The van der Waals surface area contributed by atoms with E-state index in [1.165, 1.54) is 6.07 Å². The van der Waals surface area contributed by atoms with Gasteiger partial charge in [-0.2, -0.15) is 5.10 Å². The molecule has 0 amide bonds. The van der Waals surface area contributed by atoms with Gasteiger partial charge in [0.15, 0.2) is 0 Å². The summed E-state index contributed by atoms with van der Waals surface area (Å²) in [6.07, 6.45) is 4.87. The van der Waals surface area contributed by atoms with Crippen LogP contribution in [0.1, 0.15) is 50.4 Å². The summed E-state index contributed by atoms with van der Waals surface area (Å²) in [5.74, 6) is 0.372. The first-order valence-corrected chi connectivity index (χ1v) is 9.56. The number of Topliss-reactive ketones (excluding diaryl/α,β-unsaturated/α-hetero) is 1. The lowest BCUT2D eigenvalue weighted by molar-refractivity contribution is -0.127. The molecular weight excluding hydrogens is 339 g/mol. The lowest BCUT2D eigenvalue weighted by atomic mass is 9.84. The van der Waals surface area contributed by atoms with Crippen molar-refractivity contribution in [2.24, 2.45) is 5.92 Å². The molecule has 27 heavy (non-hydrogen) atoms. The molecule has 4 heteroatoms. The molecule has 144 valence electrons. The fraction of sp³-hybridized carbons (Fsp3) is 0.391. The highest BCUT2D eigenvalue weighted by molar-refractivity contribution is 5.84. The highest BCUT2D eigenvalue weighted by Gasteiger charge is 2.29. The molecule has 1 heterocycles. The molecule has 1 aromatic heterocycles. The Hall–Kier alpha value is -2.49. The first kappa shape index (κ1) is 20.8. The van der Waals surface area contributed by atoms with Gasteiger partial charge < -0.3 is 0 Å². The molecule has 0 spiro atoms. The molecule has 0 radical (unpaired) electrons. The fourth-order valence-electron chi connectivity index (χ4n) is 3.41. The number of carbonyl (C=O) groups is 1. The summed E-state index contributed by atoms with van der Waals surface area (Å²) in [4.78, 5) is 11.2. The highest BCUT2D eigenvalue weighted by atomic mass is 19.1. The molecular formula is C23H29FN2O. The van der Waals surface area contributed by atoms with Crippen molar-refractivity contribution in [2.45, 2.75) is 54.0 Å². The Labute approximate surface area is 161 Å². The number of carbonyl (C=O) groups excluding carboxylic acids is 1. The number of aromatic nitrogens is 2. The Balaban J connectivity index is 0.00000126. The van der Waals surface area contributed by atoms with Crippen molar-refractivity contribution in [1.82, 2.24) is 9.78 Å². The van der Waals surface area contributed by atoms with Crippen LogP contribution in [0.2, 0.25) is 0 Å². The van der Waals surface area contributed by atoms with Crippen molar-refractivity contribution in [2.75, 3.05) is 0 Å². The van der Waals surface area contributed by atoms with E-state index in [9.17, 15) is 9.18 Å². The van der Waals surface area contributed by atoms with Gasteiger partial charge in [-0.05, 0) is 50.0 Å². The van der Waals surface area contributed by atoms with Crippen LogP contribution >= 0.6 is 0 Å². The van der Waals surface area contributed by atoms with Crippen LogP contribution < -0.4 is 0 Å². The highest BCUT2D eigenvalue weighted by Crippen LogP contribution is 2.34. The SMILES string of the molecule is C=C/C=C(/C)c1c(-c2ccc(C)cc2F)nn(CC2CC(=O)C2)c1C.CC. The maximum atomic E-state index is 14.6. The number of ketones is 1. The van der Waals surface area contributed by atoms with Gasteiger partial charge in [0.05, 0.1) is 0 Å². The minimum absolute atomic E-state index is 0.267. The van der Waals surface area contributed by atoms with Gasteiger partial charge in [-0.1, -0.05) is 38.6 Å². The van der Waals surface area contributed by atoms with Crippen LogP contribution in [-0.4, -0.2) is 15.6 Å². The van der Waals surface area contributed by atoms with E-state index >= 15 is 0 Å². The zero-order chi connectivity index (χ0) is 20.1. The van der Waals surface area contributed by atoms with Crippen LogP contribution in [0.15, 0.2) is 36.9 Å². The third kappa shape index (κ3) is 4.44. The van der Waals surface area contributed by atoms with Gasteiger partial charge in [-0.3, -0.25) is 9.48 Å². The minimum atomic E-state index is -0.267. The van der Waals surface area contributed by atoms with E-state index in [1.807, 2.05) is 51.4 Å². The zero-order valence-electron chi connectivity index (χ0n) is 17.0. The Morgan fingerprint density at radius 3 is 2.56 bits per heavy atom. The lowest BCUT2D eigenvalue weighted by Crippen LogP contribution is -2.28. The van der Waals surface area contributed by atoms with Crippen molar-refractivity contribution >= 4 is 11.4 Å². The third-order valence-corrected chi connectivity index (χ3v) is 4.81. The second-order valence-corrected chi connectivity index (χ2v) is 6.87. The van der Waals surface area contributed by atoms with Gasteiger partial charge in [-0.15, -0.1) is 0 Å². The monoisotopic (exact) mass is 368 g/mol. The van der Waals surface area contributed by atoms with Gasteiger partial charge in [-0.25, -0.2) is 4.39 Å². The molecule has 3 rings (SSSR count). The largest absolute Gasteiger partial charge is 0.300 e. The van der Waals surface area contributed by atoms with Gasteiger partial charge in [0.25, 0.3) is 0 Å². The molecule has 1 aromatic carbocycles. The van der Waals surface area contributed by atoms with Gasteiger partial charge in [0.2, 0.25) is 0 Å². The quantitative estimate of drug-likeness (QED) is 0.616. The summed E-state index contributed by atoms with van der Waals surface area (Å²) in [7, 11) is 0. The Morgan fingerprint density at radius 1 is 1.33 bits per heavy atom. The van der Waals surface area contributed by atoms with Crippen LogP contribution in [0.4, 0.5) is 4.39 Å². The van der Waals surface area contributed by atoms with E-state index < -0.39 is 0 Å². The molecule has 3 nitrogen and oxygen atoms in total. The Morgan fingerprint density at radius 2 is 2.00 bits per heavy atom. The molecule has 2 aromatic rings. The fourth-order valence-corrected chi connectivity index (χ4v) is 3.41. The van der Waals surface area contributed by atoms with Crippen molar-refractivity contribution in [3.8, 4) is 11.3 Å². The molecule has 1 aliphatic rings. The second kappa shape index (κ2) is 8.94. The van der Waals surface area contributed by atoms with E-state index in [0.717, 1.165) is 22.4 Å². The molecule has 0 N–H and O–H groups in total. The van der Waals surface area contributed by atoms with E-state index in [-0.39, 0.29) is 5.82 Å². The van der Waals surface area contributed by atoms with Crippen LogP contribution in [0, 0.1) is 25.6 Å². The summed E-state index contributed by atoms with van der Waals surface area (Å²) in [6.45, 7) is 14.3. The summed E-state index contributed by atoms with van der Waals surface area (Å²) >= 11 is 0. The summed E-state index contributed by atoms with van der Waals surface area (Å²) in [6, 6.07) is 5.21. The molecule has 1 aliphatic carbocycles. The second-order valence-electron chi connectivity index (χ2n) is 6.87. The normalized spacial score (nSPS) is 14.4. The molecule has 0 bridgehead atoms. The first-order chi connectivity index (χ1) is 12.9. The third-order valence-electron chi connectivity index (χ3n) is 4.81.